The summed E-state index contributed by atoms with van der Waals surface area (Å²) in [7, 11) is 0. The second-order valence-electron chi connectivity index (χ2n) is 5.96. The van der Waals surface area contributed by atoms with E-state index in [-0.39, 0.29) is 17.9 Å². The van der Waals surface area contributed by atoms with E-state index in [1.54, 1.807) is 4.90 Å². The molecule has 0 spiro atoms. The topological polar surface area (TPSA) is 57.6 Å². The van der Waals surface area contributed by atoms with Crippen LogP contribution in [0.1, 0.15) is 46.0 Å². The van der Waals surface area contributed by atoms with Crippen LogP contribution in [0.4, 0.5) is 0 Å². The fourth-order valence-corrected chi connectivity index (χ4v) is 3.15. The van der Waals surface area contributed by atoms with E-state index in [0.29, 0.717) is 6.42 Å². The van der Waals surface area contributed by atoms with Crippen molar-refractivity contribution in [3.05, 3.63) is 0 Å². The Kier molecular flexibility index (Phi) is 3.93. The molecule has 0 bridgehead atoms. The van der Waals surface area contributed by atoms with Gasteiger partial charge in [-0.05, 0) is 31.6 Å². The number of carboxylic acids is 1. The maximum absolute atomic E-state index is 12.0. The Balaban J connectivity index is 1.93. The molecule has 2 aliphatic rings. The number of rotatable bonds is 5. The SMILES string of the molecule is CC1CC(=O)N(CCCC2CC2)C(C)C1C(=O)O. The molecule has 1 N–H and O–H groups in total. The van der Waals surface area contributed by atoms with Gasteiger partial charge in [-0.15, -0.1) is 0 Å². The summed E-state index contributed by atoms with van der Waals surface area (Å²) in [6, 6.07) is -0.169. The largest absolute Gasteiger partial charge is 0.481 e. The number of piperidine rings is 1. The number of hydrogen-bond donors (Lipinski definition) is 1. The molecule has 1 aliphatic carbocycles. The molecule has 4 nitrogen and oxygen atoms in total. The lowest BCUT2D eigenvalue weighted by Gasteiger charge is -2.40. The van der Waals surface area contributed by atoms with E-state index in [1.807, 2.05) is 13.8 Å². The van der Waals surface area contributed by atoms with Crippen LogP contribution in [-0.2, 0) is 9.59 Å². The zero-order valence-electron chi connectivity index (χ0n) is 11.3. The van der Waals surface area contributed by atoms with Crippen LogP contribution in [0.25, 0.3) is 0 Å². The monoisotopic (exact) mass is 253 g/mol. The lowest BCUT2D eigenvalue weighted by Crippen LogP contribution is -2.52. The van der Waals surface area contributed by atoms with Crippen molar-refractivity contribution in [3.8, 4) is 0 Å². The lowest BCUT2D eigenvalue weighted by molar-refractivity contribution is -0.154. The highest BCUT2D eigenvalue weighted by atomic mass is 16.4. The van der Waals surface area contributed by atoms with Gasteiger partial charge in [-0.3, -0.25) is 9.59 Å². The highest BCUT2D eigenvalue weighted by Gasteiger charge is 2.41. The second-order valence-corrected chi connectivity index (χ2v) is 5.96. The number of nitrogens with zero attached hydrogens (tertiary/aromatic N) is 1. The van der Waals surface area contributed by atoms with Gasteiger partial charge < -0.3 is 10.0 Å². The maximum Gasteiger partial charge on any atom is 0.308 e. The molecule has 1 heterocycles. The number of carbonyl (C=O) groups is 2. The van der Waals surface area contributed by atoms with E-state index in [1.165, 1.54) is 19.3 Å². The highest BCUT2D eigenvalue weighted by Crippen LogP contribution is 2.34. The first-order valence-corrected chi connectivity index (χ1v) is 7.03. The van der Waals surface area contributed by atoms with Gasteiger partial charge in [-0.1, -0.05) is 19.8 Å². The minimum atomic E-state index is -0.769. The third-order valence-corrected chi connectivity index (χ3v) is 4.43. The van der Waals surface area contributed by atoms with Crippen molar-refractivity contribution in [2.24, 2.45) is 17.8 Å². The Hall–Kier alpha value is -1.06. The number of likely N-dealkylation sites (tertiary alicyclic amines) is 1. The molecule has 18 heavy (non-hydrogen) atoms. The predicted molar refractivity (Wildman–Crippen MR) is 68.0 cm³/mol. The number of carbonyl (C=O) groups excluding carboxylic acids is 1. The normalized spacial score (nSPS) is 32.7. The van der Waals surface area contributed by atoms with Gasteiger partial charge in [0.1, 0.15) is 0 Å². The van der Waals surface area contributed by atoms with Crippen molar-refractivity contribution in [2.45, 2.75) is 52.0 Å². The predicted octanol–water partition coefficient (Wildman–Crippen LogP) is 2.13. The summed E-state index contributed by atoms with van der Waals surface area (Å²) in [6.07, 6.45) is 5.24. The molecule has 0 aromatic heterocycles. The van der Waals surface area contributed by atoms with Crippen LogP contribution in [0.2, 0.25) is 0 Å². The summed E-state index contributed by atoms with van der Waals surface area (Å²) in [5.41, 5.74) is 0. The van der Waals surface area contributed by atoms with E-state index >= 15 is 0 Å². The molecule has 2 fully saturated rings. The number of aliphatic carboxylic acids is 1. The summed E-state index contributed by atoms with van der Waals surface area (Å²) in [4.78, 5) is 25.1. The molecular formula is C14H23NO3. The Labute approximate surface area is 108 Å². The maximum atomic E-state index is 12.0. The van der Waals surface area contributed by atoms with E-state index in [9.17, 15) is 14.7 Å². The Morgan fingerprint density at radius 1 is 1.39 bits per heavy atom. The van der Waals surface area contributed by atoms with Crippen molar-refractivity contribution in [1.82, 2.24) is 4.90 Å². The van der Waals surface area contributed by atoms with E-state index < -0.39 is 11.9 Å². The van der Waals surface area contributed by atoms with Gasteiger partial charge in [0.2, 0.25) is 5.91 Å². The van der Waals surface area contributed by atoms with Crippen molar-refractivity contribution in [3.63, 3.8) is 0 Å². The summed E-state index contributed by atoms with van der Waals surface area (Å²) in [5, 5.41) is 9.27. The summed E-state index contributed by atoms with van der Waals surface area (Å²) in [6.45, 7) is 4.48. The van der Waals surface area contributed by atoms with Crippen molar-refractivity contribution in [1.29, 1.82) is 0 Å². The van der Waals surface area contributed by atoms with Crippen LogP contribution >= 0.6 is 0 Å². The first-order valence-electron chi connectivity index (χ1n) is 7.03. The van der Waals surface area contributed by atoms with Crippen molar-refractivity contribution in [2.75, 3.05) is 6.54 Å². The molecule has 1 saturated carbocycles. The average molecular weight is 253 g/mol. The van der Waals surface area contributed by atoms with Crippen LogP contribution in [0.3, 0.4) is 0 Å². The molecule has 1 aliphatic heterocycles. The molecule has 1 saturated heterocycles. The van der Waals surface area contributed by atoms with Gasteiger partial charge in [0.25, 0.3) is 0 Å². The Bertz CT molecular complexity index is 338. The van der Waals surface area contributed by atoms with Gasteiger partial charge in [0.15, 0.2) is 0 Å². The quantitative estimate of drug-likeness (QED) is 0.816. The van der Waals surface area contributed by atoms with Crippen molar-refractivity contribution < 1.29 is 14.7 Å². The molecule has 0 aromatic carbocycles. The van der Waals surface area contributed by atoms with E-state index in [2.05, 4.69) is 0 Å². The van der Waals surface area contributed by atoms with E-state index in [0.717, 1.165) is 18.9 Å². The number of hydrogen-bond acceptors (Lipinski definition) is 2. The third kappa shape index (κ3) is 2.85. The zero-order chi connectivity index (χ0) is 13.3. The van der Waals surface area contributed by atoms with E-state index in [4.69, 9.17) is 0 Å². The summed E-state index contributed by atoms with van der Waals surface area (Å²) in [5.74, 6) is -0.235. The van der Waals surface area contributed by atoms with Crippen LogP contribution < -0.4 is 0 Å². The van der Waals surface area contributed by atoms with Crippen molar-refractivity contribution >= 4 is 11.9 Å². The van der Waals surface area contributed by atoms with Crippen LogP contribution in [0.5, 0.6) is 0 Å². The fourth-order valence-electron chi connectivity index (χ4n) is 3.15. The van der Waals surface area contributed by atoms with Gasteiger partial charge in [-0.2, -0.15) is 0 Å². The van der Waals surface area contributed by atoms with Crippen LogP contribution in [-0.4, -0.2) is 34.5 Å². The molecule has 3 unspecified atom stereocenters. The lowest BCUT2D eigenvalue weighted by atomic mass is 9.81. The molecular weight excluding hydrogens is 230 g/mol. The van der Waals surface area contributed by atoms with Crippen LogP contribution in [0, 0.1) is 17.8 Å². The van der Waals surface area contributed by atoms with Gasteiger partial charge in [0, 0.05) is 19.0 Å². The molecule has 1 amide bonds. The third-order valence-electron chi connectivity index (χ3n) is 4.43. The molecule has 102 valence electrons. The fraction of sp³-hybridized carbons (Fsp3) is 0.857. The molecule has 0 aromatic rings. The van der Waals surface area contributed by atoms with Gasteiger partial charge in [0.05, 0.1) is 5.92 Å². The molecule has 0 radical (unpaired) electrons. The molecule has 3 atom stereocenters. The smallest absolute Gasteiger partial charge is 0.308 e. The summed E-state index contributed by atoms with van der Waals surface area (Å²) >= 11 is 0. The second kappa shape index (κ2) is 5.29. The standard InChI is InChI=1S/C14H23NO3/c1-9-8-12(16)15(7-3-4-11-5-6-11)10(2)13(9)14(17)18/h9-11,13H,3-8H2,1-2H3,(H,17,18). The minimum Gasteiger partial charge on any atom is -0.481 e. The summed E-state index contributed by atoms with van der Waals surface area (Å²) < 4.78 is 0. The number of amides is 1. The van der Waals surface area contributed by atoms with Gasteiger partial charge in [-0.25, -0.2) is 0 Å². The first kappa shape index (κ1) is 13.4. The average Bonchev–Trinajstić information content (AvgIpc) is 3.05. The minimum absolute atomic E-state index is 0.0512. The number of carboxylic acid groups (broad SMARTS) is 1. The molecule has 2 rings (SSSR count). The van der Waals surface area contributed by atoms with Gasteiger partial charge >= 0.3 is 5.97 Å². The molecule has 4 heteroatoms. The highest BCUT2D eigenvalue weighted by molar-refractivity contribution is 5.81. The first-order chi connectivity index (χ1) is 8.50. The Morgan fingerprint density at radius 2 is 2.06 bits per heavy atom. The van der Waals surface area contributed by atoms with Crippen LogP contribution in [0.15, 0.2) is 0 Å². The zero-order valence-corrected chi connectivity index (χ0v) is 11.3. The Morgan fingerprint density at radius 3 is 2.61 bits per heavy atom.